The summed E-state index contributed by atoms with van der Waals surface area (Å²) < 4.78 is 15.7. The average molecular weight is 466 g/mol. The number of likely N-dealkylation sites (tertiary alicyclic amines) is 1. The van der Waals surface area contributed by atoms with E-state index in [0.717, 1.165) is 32.4 Å². The lowest BCUT2D eigenvalue weighted by atomic mass is 9.90. The van der Waals surface area contributed by atoms with Crippen molar-refractivity contribution in [1.29, 1.82) is 0 Å². The fourth-order valence-electron chi connectivity index (χ4n) is 4.58. The zero-order valence-electron chi connectivity index (χ0n) is 19.8. The molecule has 1 amide bonds. The predicted octanol–water partition coefficient (Wildman–Crippen LogP) is 3.86. The summed E-state index contributed by atoms with van der Waals surface area (Å²) in [7, 11) is 4.39. The molecule has 0 atom stereocenters. The van der Waals surface area contributed by atoms with Gasteiger partial charge in [-0.25, -0.2) is 4.79 Å². The minimum atomic E-state index is -0.564. The molecule has 0 aliphatic carbocycles. The van der Waals surface area contributed by atoms with Gasteiger partial charge in [0, 0.05) is 11.5 Å². The molecule has 0 spiro atoms. The Morgan fingerprint density at radius 2 is 1.71 bits per heavy atom. The maximum atomic E-state index is 13.0. The van der Waals surface area contributed by atoms with Crippen LogP contribution < -0.4 is 14.8 Å². The molecule has 8 nitrogen and oxygen atoms in total. The number of nitrogens with one attached hydrogen (secondary N) is 2. The van der Waals surface area contributed by atoms with Crippen LogP contribution in [0.15, 0.2) is 42.5 Å². The Balaban J connectivity index is 1.44. The first-order valence-corrected chi connectivity index (χ1v) is 11.4. The summed E-state index contributed by atoms with van der Waals surface area (Å²) >= 11 is 0. The van der Waals surface area contributed by atoms with E-state index in [9.17, 15) is 9.59 Å². The normalized spacial score (nSPS) is 14.7. The van der Waals surface area contributed by atoms with Crippen molar-refractivity contribution in [1.82, 2.24) is 9.88 Å². The number of ether oxygens (including phenoxy) is 3. The fraction of sp³-hybridized carbons (Fsp3) is 0.385. The number of carbonyl (C=O) groups excluding carboxylic acids is 2. The van der Waals surface area contributed by atoms with E-state index in [0.29, 0.717) is 34.0 Å². The number of carbonyl (C=O) groups is 2. The summed E-state index contributed by atoms with van der Waals surface area (Å²) in [5.41, 5.74) is 2.56. The van der Waals surface area contributed by atoms with Crippen LogP contribution in [0.4, 0.5) is 5.69 Å². The van der Waals surface area contributed by atoms with Crippen molar-refractivity contribution in [2.24, 2.45) is 5.92 Å². The Kier molecular flexibility index (Phi) is 7.37. The number of fused-ring (bicyclic) bond motifs is 1. The molecule has 0 radical (unpaired) electrons. The van der Waals surface area contributed by atoms with Crippen molar-refractivity contribution in [2.75, 3.05) is 46.3 Å². The highest BCUT2D eigenvalue weighted by Gasteiger charge is 2.25. The van der Waals surface area contributed by atoms with Crippen molar-refractivity contribution in [3.8, 4) is 11.5 Å². The van der Waals surface area contributed by atoms with E-state index in [2.05, 4.69) is 39.5 Å². The molecule has 2 heterocycles. The molecule has 0 bridgehead atoms. The maximum absolute atomic E-state index is 13.0. The molecule has 4 rings (SSSR count). The monoisotopic (exact) mass is 465 g/mol. The molecule has 2 aromatic carbocycles. The van der Waals surface area contributed by atoms with Gasteiger partial charge >= 0.3 is 5.97 Å². The lowest BCUT2D eigenvalue weighted by Crippen LogP contribution is -2.39. The number of amides is 1. The molecular formula is C26H31N3O5. The van der Waals surface area contributed by atoms with Gasteiger partial charge in [0.1, 0.15) is 5.69 Å². The van der Waals surface area contributed by atoms with Gasteiger partial charge in [-0.3, -0.25) is 9.69 Å². The van der Waals surface area contributed by atoms with Gasteiger partial charge in [0.2, 0.25) is 5.91 Å². The van der Waals surface area contributed by atoms with Crippen LogP contribution in [0.3, 0.4) is 0 Å². The molecule has 1 saturated heterocycles. The lowest BCUT2D eigenvalue weighted by molar-refractivity contribution is -0.117. The van der Waals surface area contributed by atoms with Gasteiger partial charge < -0.3 is 24.5 Å². The molecule has 1 fully saturated rings. The SMILES string of the molecule is COC(=O)c1[nH]c2cc(OC)c(OC)cc2c1NC(=O)CN1CCC(Cc2ccccc2)CC1. The first-order valence-electron chi connectivity index (χ1n) is 11.4. The summed E-state index contributed by atoms with van der Waals surface area (Å²) in [6.07, 6.45) is 3.18. The zero-order valence-corrected chi connectivity index (χ0v) is 19.8. The molecule has 180 valence electrons. The Hall–Kier alpha value is -3.52. The third-order valence-electron chi connectivity index (χ3n) is 6.40. The Morgan fingerprint density at radius 1 is 1.03 bits per heavy atom. The maximum Gasteiger partial charge on any atom is 0.356 e. The van der Waals surface area contributed by atoms with E-state index < -0.39 is 5.97 Å². The van der Waals surface area contributed by atoms with Crippen molar-refractivity contribution >= 4 is 28.5 Å². The predicted molar refractivity (Wildman–Crippen MR) is 131 cm³/mol. The second kappa shape index (κ2) is 10.6. The number of rotatable bonds is 8. The van der Waals surface area contributed by atoms with Crippen LogP contribution in [0, 0.1) is 5.92 Å². The van der Waals surface area contributed by atoms with Crippen LogP contribution in [0.5, 0.6) is 11.5 Å². The molecule has 34 heavy (non-hydrogen) atoms. The number of benzene rings is 2. The summed E-state index contributed by atoms with van der Waals surface area (Å²) in [4.78, 5) is 30.6. The summed E-state index contributed by atoms with van der Waals surface area (Å²) in [5, 5.41) is 3.57. The summed E-state index contributed by atoms with van der Waals surface area (Å²) in [6, 6.07) is 14.0. The van der Waals surface area contributed by atoms with E-state index in [-0.39, 0.29) is 18.1 Å². The average Bonchev–Trinajstić information content (AvgIpc) is 3.21. The van der Waals surface area contributed by atoms with Gasteiger partial charge in [-0.1, -0.05) is 30.3 Å². The standard InChI is InChI=1S/C26H31N3O5/c1-32-21-14-19-20(15-22(21)33-2)27-25(26(31)34-3)24(19)28-23(30)16-29-11-9-18(10-12-29)13-17-7-5-4-6-8-17/h4-8,14-15,18,27H,9-13,16H2,1-3H3,(H,28,30). The highest BCUT2D eigenvalue weighted by molar-refractivity contribution is 6.11. The van der Waals surface area contributed by atoms with E-state index in [1.54, 1.807) is 19.2 Å². The van der Waals surface area contributed by atoms with E-state index in [1.807, 2.05) is 6.07 Å². The van der Waals surface area contributed by atoms with Crippen molar-refractivity contribution < 1.29 is 23.8 Å². The highest BCUT2D eigenvalue weighted by Crippen LogP contribution is 2.37. The van der Waals surface area contributed by atoms with Crippen LogP contribution in [0.1, 0.15) is 28.9 Å². The van der Waals surface area contributed by atoms with Crippen molar-refractivity contribution in [2.45, 2.75) is 19.3 Å². The number of methoxy groups -OCH3 is 3. The third kappa shape index (κ3) is 5.17. The van der Waals surface area contributed by atoms with Gasteiger partial charge in [0.25, 0.3) is 0 Å². The van der Waals surface area contributed by atoms with Gasteiger partial charge in [-0.05, 0) is 49.9 Å². The number of H-pyrrole nitrogens is 1. The molecule has 3 aromatic rings. The second-order valence-corrected chi connectivity index (χ2v) is 8.58. The number of aromatic amines is 1. The van der Waals surface area contributed by atoms with Gasteiger partial charge in [0.05, 0.1) is 39.1 Å². The van der Waals surface area contributed by atoms with Gasteiger partial charge in [-0.2, -0.15) is 0 Å². The third-order valence-corrected chi connectivity index (χ3v) is 6.40. The van der Waals surface area contributed by atoms with Crippen LogP contribution in [-0.4, -0.2) is 62.7 Å². The number of anilines is 1. The van der Waals surface area contributed by atoms with Gasteiger partial charge in [-0.15, -0.1) is 0 Å². The molecule has 1 aromatic heterocycles. The molecule has 2 N–H and O–H groups in total. The number of piperidine rings is 1. The summed E-state index contributed by atoms with van der Waals surface area (Å²) in [5.74, 6) is 0.905. The Morgan fingerprint density at radius 3 is 2.35 bits per heavy atom. The fourth-order valence-corrected chi connectivity index (χ4v) is 4.58. The lowest BCUT2D eigenvalue weighted by Gasteiger charge is -2.31. The number of esters is 1. The topological polar surface area (TPSA) is 92.9 Å². The number of hydrogen-bond acceptors (Lipinski definition) is 6. The van der Waals surface area contributed by atoms with Crippen molar-refractivity contribution in [3.05, 3.63) is 53.7 Å². The van der Waals surface area contributed by atoms with E-state index >= 15 is 0 Å². The smallest absolute Gasteiger partial charge is 0.356 e. The molecule has 0 unspecified atom stereocenters. The zero-order chi connectivity index (χ0) is 24.1. The van der Waals surface area contributed by atoms with Crippen LogP contribution in [0.25, 0.3) is 10.9 Å². The minimum absolute atomic E-state index is 0.178. The number of hydrogen-bond donors (Lipinski definition) is 2. The van der Waals surface area contributed by atoms with E-state index in [4.69, 9.17) is 14.2 Å². The minimum Gasteiger partial charge on any atom is -0.493 e. The van der Waals surface area contributed by atoms with E-state index in [1.165, 1.54) is 19.8 Å². The largest absolute Gasteiger partial charge is 0.493 e. The Bertz CT molecular complexity index is 1150. The first-order chi connectivity index (χ1) is 16.5. The quantitative estimate of drug-likeness (QED) is 0.491. The number of nitrogens with zero attached hydrogens (tertiary/aromatic N) is 1. The van der Waals surface area contributed by atoms with Crippen LogP contribution >= 0.6 is 0 Å². The van der Waals surface area contributed by atoms with Crippen molar-refractivity contribution in [3.63, 3.8) is 0 Å². The van der Waals surface area contributed by atoms with Crippen LogP contribution in [0.2, 0.25) is 0 Å². The molecule has 8 heteroatoms. The van der Waals surface area contributed by atoms with Gasteiger partial charge in [0.15, 0.2) is 11.5 Å². The summed E-state index contributed by atoms with van der Waals surface area (Å²) in [6.45, 7) is 2.00. The first kappa shape index (κ1) is 23.6. The van der Waals surface area contributed by atoms with Crippen LogP contribution in [-0.2, 0) is 16.0 Å². The molecule has 0 saturated carbocycles. The number of aromatic nitrogens is 1. The highest BCUT2D eigenvalue weighted by atomic mass is 16.5. The second-order valence-electron chi connectivity index (χ2n) is 8.58. The molecular weight excluding hydrogens is 434 g/mol. The molecule has 1 aliphatic rings. The Labute approximate surface area is 199 Å². The molecule has 1 aliphatic heterocycles.